The average Bonchev–Trinajstić information content (AvgIpc) is 3.23. The molecule has 3 aromatic rings. The number of amides is 1. The third-order valence-corrected chi connectivity index (χ3v) is 5.44. The summed E-state index contributed by atoms with van der Waals surface area (Å²) >= 11 is 0. The molecule has 3 heterocycles. The molecule has 1 aromatic carbocycles. The van der Waals surface area contributed by atoms with Crippen molar-refractivity contribution in [3.8, 4) is 11.5 Å². The molecule has 0 bridgehead atoms. The molecule has 4 rings (SSSR count). The maximum Gasteiger partial charge on any atom is 0.274 e. The number of carbonyl (C=O) groups excluding carboxylic acids is 1. The van der Waals surface area contributed by atoms with Crippen molar-refractivity contribution in [1.29, 1.82) is 0 Å². The van der Waals surface area contributed by atoms with Gasteiger partial charge >= 0.3 is 0 Å². The number of fused-ring (bicyclic) bond motifs is 1. The molecule has 2 atom stereocenters. The topological polar surface area (TPSA) is 85.5 Å². The standard InChI is InChI=1S/C22H25N3O5/c1-14-5-4-8-24-12-16(23-21(14)24)22(27)25-9-10-30-19(13-26)20(25)15-6-7-17(28-2)18(11-15)29-3/h4-8,11-12,19-20,26H,9-10,13H2,1-3H3/t19-,20-/m1/s1. The van der Waals surface area contributed by atoms with Crippen LogP contribution in [0.1, 0.15) is 27.7 Å². The predicted octanol–water partition coefficient (Wildman–Crippen LogP) is 2.23. The molecule has 0 aliphatic carbocycles. The Kier molecular flexibility index (Phi) is 5.61. The van der Waals surface area contributed by atoms with Crippen molar-refractivity contribution >= 4 is 11.6 Å². The Labute approximate surface area is 174 Å². The lowest BCUT2D eigenvalue weighted by atomic mass is 9.97. The van der Waals surface area contributed by atoms with Gasteiger partial charge in [0.25, 0.3) is 5.91 Å². The van der Waals surface area contributed by atoms with Crippen molar-refractivity contribution in [3.63, 3.8) is 0 Å². The summed E-state index contributed by atoms with van der Waals surface area (Å²) in [5.74, 6) is 0.930. The third kappa shape index (κ3) is 3.48. The van der Waals surface area contributed by atoms with E-state index in [2.05, 4.69) is 4.98 Å². The second kappa shape index (κ2) is 8.33. The molecule has 30 heavy (non-hydrogen) atoms. The molecule has 8 heteroatoms. The first-order chi connectivity index (χ1) is 14.6. The second-order valence-electron chi connectivity index (χ2n) is 7.20. The van der Waals surface area contributed by atoms with Gasteiger partial charge in [-0.25, -0.2) is 4.98 Å². The monoisotopic (exact) mass is 411 g/mol. The zero-order valence-electron chi connectivity index (χ0n) is 17.2. The first kappa shape index (κ1) is 20.2. The minimum Gasteiger partial charge on any atom is -0.493 e. The van der Waals surface area contributed by atoms with E-state index in [0.29, 0.717) is 30.3 Å². The Balaban J connectivity index is 1.74. The van der Waals surface area contributed by atoms with Gasteiger partial charge in [0.1, 0.15) is 17.4 Å². The molecular weight excluding hydrogens is 386 g/mol. The summed E-state index contributed by atoms with van der Waals surface area (Å²) in [6.45, 7) is 2.47. The number of imidazole rings is 1. The van der Waals surface area contributed by atoms with Crippen molar-refractivity contribution in [1.82, 2.24) is 14.3 Å². The quantitative estimate of drug-likeness (QED) is 0.693. The largest absolute Gasteiger partial charge is 0.493 e. The minimum atomic E-state index is -0.556. The highest BCUT2D eigenvalue weighted by atomic mass is 16.5. The Bertz CT molecular complexity index is 1060. The SMILES string of the molecule is COc1ccc([C@@H]2[C@@H](CO)OCCN2C(=O)c2cn3cccc(C)c3n2)cc1OC. The van der Waals surface area contributed by atoms with Crippen LogP contribution in [-0.2, 0) is 4.74 Å². The van der Waals surface area contributed by atoms with Gasteiger partial charge in [0.2, 0.25) is 0 Å². The highest BCUT2D eigenvalue weighted by Crippen LogP contribution is 2.36. The van der Waals surface area contributed by atoms with Crippen LogP contribution in [0.5, 0.6) is 11.5 Å². The molecule has 8 nitrogen and oxygen atoms in total. The van der Waals surface area contributed by atoms with Crippen molar-refractivity contribution < 1.29 is 24.1 Å². The van der Waals surface area contributed by atoms with E-state index in [1.54, 1.807) is 31.4 Å². The van der Waals surface area contributed by atoms with Crippen LogP contribution in [0.15, 0.2) is 42.7 Å². The molecule has 0 radical (unpaired) electrons. The molecule has 158 valence electrons. The van der Waals surface area contributed by atoms with E-state index in [9.17, 15) is 9.90 Å². The van der Waals surface area contributed by atoms with Crippen LogP contribution in [0, 0.1) is 6.92 Å². The Morgan fingerprint density at radius 2 is 2.07 bits per heavy atom. The zero-order valence-corrected chi connectivity index (χ0v) is 17.2. The molecule has 1 aliphatic heterocycles. The van der Waals surface area contributed by atoms with E-state index in [-0.39, 0.29) is 12.5 Å². The number of aromatic nitrogens is 2. The van der Waals surface area contributed by atoms with E-state index in [1.165, 1.54) is 0 Å². The third-order valence-electron chi connectivity index (χ3n) is 5.44. The maximum atomic E-state index is 13.5. The molecule has 0 saturated carbocycles. The van der Waals surface area contributed by atoms with Crippen LogP contribution in [0.25, 0.3) is 5.65 Å². The lowest BCUT2D eigenvalue weighted by Gasteiger charge is -2.40. The van der Waals surface area contributed by atoms with E-state index >= 15 is 0 Å². The Morgan fingerprint density at radius 3 is 2.77 bits per heavy atom. The van der Waals surface area contributed by atoms with Gasteiger partial charge in [0, 0.05) is 18.9 Å². The number of morpholine rings is 1. The highest BCUT2D eigenvalue weighted by Gasteiger charge is 2.37. The molecular formula is C22H25N3O5. The van der Waals surface area contributed by atoms with Crippen molar-refractivity contribution in [2.45, 2.75) is 19.1 Å². The van der Waals surface area contributed by atoms with Crippen molar-refractivity contribution in [3.05, 3.63) is 59.5 Å². The van der Waals surface area contributed by atoms with Gasteiger partial charge in [-0.1, -0.05) is 12.1 Å². The predicted molar refractivity (Wildman–Crippen MR) is 110 cm³/mol. The van der Waals surface area contributed by atoms with Crippen LogP contribution in [0.2, 0.25) is 0 Å². The number of aliphatic hydroxyl groups excluding tert-OH is 1. The number of carbonyl (C=O) groups is 1. The lowest BCUT2D eigenvalue weighted by Crippen LogP contribution is -2.49. The molecule has 1 fully saturated rings. The molecule has 1 N–H and O–H groups in total. The number of aryl methyl sites for hydroxylation is 1. The average molecular weight is 411 g/mol. The first-order valence-corrected chi connectivity index (χ1v) is 9.77. The fourth-order valence-electron chi connectivity index (χ4n) is 3.95. The molecule has 0 spiro atoms. The fourth-order valence-corrected chi connectivity index (χ4v) is 3.95. The van der Waals surface area contributed by atoms with Crippen LogP contribution < -0.4 is 9.47 Å². The molecule has 1 aliphatic rings. The number of benzene rings is 1. The normalized spacial score (nSPS) is 19.1. The van der Waals surface area contributed by atoms with Crippen molar-refractivity contribution in [2.24, 2.45) is 0 Å². The summed E-state index contributed by atoms with van der Waals surface area (Å²) in [6.07, 6.45) is 3.05. The second-order valence-corrected chi connectivity index (χ2v) is 7.20. The van der Waals surface area contributed by atoms with Crippen molar-refractivity contribution in [2.75, 3.05) is 34.0 Å². The minimum absolute atomic E-state index is 0.209. The summed E-state index contributed by atoms with van der Waals surface area (Å²) in [5.41, 5.74) is 2.88. The summed E-state index contributed by atoms with van der Waals surface area (Å²) in [4.78, 5) is 19.7. The summed E-state index contributed by atoms with van der Waals surface area (Å²) in [5, 5.41) is 9.93. The van der Waals surface area contributed by atoms with Gasteiger partial charge < -0.3 is 28.6 Å². The van der Waals surface area contributed by atoms with Crippen LogP contribution >= 0.6 is 0 Å². The molecule has 0 unspecified atom stereocenters. The number of rotatable bonds is 5. The first-order valence-electron chi connectivity index (χ1n) is 9.77. The maximum absolute atomic E-state index is 13.5. The lowest BCUT2D eigenvalue weighted by molar-refractivity contribution is -0.0812. The van der Waals surface area contributed by atoms with Crippen LogP contribution in [0.4, 0.5) is 0 Å². The Morgan fingerprint density at radius 1 is 1.27 bits per heavy atom. The Hall–Kier alpha value is -3.10. The fraction of sp³-hybridized carbons (Fsp3) is 0.364. The number of ether oxygens (including phenoxy) is 3. The van der Waals surface area contributed by atoms with Crippen LogP contribution in [-0.4, -0.2) is 65.4 Å². The molecule has 1 amide bonds. The highest BCUT2D eigenvalue weighted by molar-refractivity contribution is 5.93. The van der Waals surface area contributed by atoms with Gasteiger partial charge in [-0.2, -0.15) is 0 Å². The van der Waals surface area contributed by atoms with E-state index < -0.39 is 12.1 Å². The molecule has 1 saturated heterocycles. The summed E-state index contributed by atoms with van der Waals surface area (Å²) < 4.78 is 18.4. The van der Waals surface area contributed by atoms with E-state index in [1.807, 2.05) is 41.8 Å². The zero-order chi connectivity index (χ0) is 21.3. The van der Waals surface area contributed by atoms with E-state index in [4.69, 9.17) is 14.2 Å². The van der Waals surface area contributed by atoms with Gasteiger partial charge in [0.05, 0.1) is 33.5 Å². The number of hydrogen-bond donors (Lipinski definition) is 1. The summed E-state index contributed by atoms with van der Waals surface area (Å²) in [6, 6.07) is 8.85. The van der Waals surface area contributed by atoms with Gasteiger partial charge in [-0.15, -0.1) is 0 Å². The van der Waals surface area contributed by atoms with Gasteiger partial charge in [-0.3, -0.25) is 4.79 Å². The van der Waals surface area contributed by atoms with Crippen LogP contribution in [0.3, 0.4) is 0 Å². The van der Waals surface area contributed by atoms with Gasteiger partial charge in [0.15, 0.2) is 11.5 Å². The number of nitrogens with zero attached hydrogens (tertiary/aromatic N) is 3. The van der Waals surface area contributed by atoms with E-state index in [0.717, 1.165) is 16.8 Å². The number of hydrogen-bond acceptors (Lipinski definition) is 6. The van der Waals surface area contributed by atoms with Gasteiger partial charge in [-0.05, 0) is 36.2 Å². The number of pyridine rings is 1. The number of aliphatic hydroxyl groups is 1. The number of methoxy groups -OCH3 is 2. The summed E-state index contributed by atoms with van der Waals surface area (Å²) in [7, 11) is 3.13. The molecule has 2 aromatic heterocycles. The smallest absolute Gasteiger partial charge is 0.274 e.